The molecule has 7 heteroatoms. The second-order valence-electron chi connectivity index (χ2n) is 5.02. The van der Waals surface area contributed by atoms with E-state index in [1.54, 1.807) is 18.2 Å². The number of oxazole rings is 1. The van der Waals surface area contributed by atoms with Crippen molar-refractivity contribution in [1.29, 1.82) is 0 Å². The highest BCUT2D eigenvalue weighted by atomic mass is 16.6. The number of non-ortho nitro benzene ring substituents is 1. The average Bonchev–Trinajstić information content (AvgIpc) is 2.99. The number of nitrogens with zero attached hydrogens (tertiary/aromatic N) is 3. The van der Waals surface area contributed by atoms with Crippen molar-refractivity contribution in [2.45, 2.75) is 0 Å². The lowest BCUT2D eigenvalue weighted by molar-refractivity contribution is -0.384. The third kappa shape index (κ3) is 4.17. The highest BCUT2D eigenvalue weighted by molar-refractivity contribution is 5.82. The summed E-state index contributed by atoms with van der Waals surface area (Å²) < 4.78 is 5.14. The van der Waals surface area contributed by atoms with Gasteiger partial charge in [0.25, 0.3) is 5.69 Å². The SMILES string of the molecule is O=[N+]([O-])c1cccc(C=Cc2nc(C=Nc3ccccc3)c(O)o2)c1. The van der Waals surface area contributed by atoms with Gasteiger partial charge in [-0.3, -0.25) is 15.1 Å². The van der Waals surface area contributed by atoms with E-state index in [1.807, 2.05) is 30.3 Å². The number of aromatic nitrogens is 1. The molecule has 3 aromatic rings. The van der Waals surface area contributed by atoms with Crippen LogP contribution < -0.4 is 0 Å². The molecule has 0 saturated heterocycles. The van der Waals surface area contributed by atoms with Gasteiger partial charge in [-0.1, -0.05) is 30.3 Å². The molecule has 0 atom stereocenters. The van der Waals surface area contributed by atoms with Gasteiger partial charge in [-0.25, -0.2) is 4.98 Å². The van der Waals surface area contributed by atoms with Crippen molar-refractivity contribution < 1.29 is 14.4 Å². The van der Waals surface area contributed by atoms with Gasteiger partial charge in [0.1, 0.15) is 0 Å². The lowest BCUT2D eigenvalue weighted by Gasteiger charge is -1.93. The predicted octanol–water partition coefficient (Wildman–Crippen LogP) is 4.21. The second-order valence-corrected chi connectivity index (χ2v) is 5.02. The van der Waals surface area contributed by atoms with Gasteiger partial charge >= 0.3 is 5.95 Å². The lowest BCUT2D eigenvalue weighted by Crippen LogP contribution is -1.87. The Morgan fingerprint density at radius 2 is 1.92 bits per heavy atom. The zero-order valence-corrected chi connectivity index (χ0v) is 12.9. The first-order chi connectivity index (χ1) is 12.1. The van der Waals surface area contributed by atoms with Crippen LogP contribution >= 0.6 is 0 Å². The molecule has 1 heterocycles. The molecule has 2 aromatic carbocycles. The van der Waals surface area contributed by atoms with Crippen molar-refractivity contribution in [2.24, 2.45) is 4.99 Å². The number of nitro benzene ring substituents is 1. The first kappa shape index (κ1) is 16.1. The maximum atomic E-state index is 10.8. The molecular formula is C18H13N3O4. The van der Waals surface area contributed by atoms with Crippen molar-refractivity contribution in [2.75, 3.05) is 0 Å². The maximum Gasteiger partial charge on any atom is 0.312 e. The van der Waals surface area contributed by atoms with E-state index < -0.39 is 4.92 Å². The summed E-state index contributed by atoms with van der Waals surface area (Å²) in [4.78, 5) is 18.6. The Balaban J connectivity index is 1.77. The number of nitro groups is 1. The van der Waals surface area contributed by atoms with Gasteiger partial charge in [0, 0.05) is 18.2 Å². The predicted molar refractivity (Wildman–Crippen MR) is 93.9 cm³/mol. The summed E-state index contributed by atoms with van der Waals surface area (Å²) in [5.41, 5.74) is 1.53. The Morgan fingerprint density at radius 1 is 1.12 bits per heavy atom. The molecule has 0 fully saturated rings. The monoisotopic (exact) mass is 335 g/mol. The molecule has 124 valence electrons. The summed E-state index contributed by atoms with van der Waals surface area (Å²) in [5.74, 6) is -0.183. The number of hydrogen-bond donors (Lipinski definition) is 1. The minimum absolute atomic E-state index is 0.00640. The number of rotatable bonds is 5. The molecule has 0 amide bonds. The van der Waals surface area contributed by atoms with Crippen molar-refractivity contribution in [3.8, 4) is 5.95 Å². The summed E-state index contributed by atoms with van der Waals surface area (Å²) in [7, 11) is 0. The van der Waals surface area contributed by atoms with Gasteiger partial charge < -0.3 is 9.52 Å². The van der Waals surface area contributed by atoms with Gasteiger partial charge in [-0.2, -0.15) is 0 Å². The summed E-state index contributed by atoms with van der Waals surface area (Å²) >= 11 is 0. The fourth-order valence-electron chi connectivity index (χ4n) is 2.06. The van der Waals surface area contributed by atoms with Crippen LogP contribution in [0, 0.1) is 10.1 Å². The molecule has 0 saturated carbocycles. The fourth-order valence-corrected chi connectivity index (χ4v) is 2.06. The van der Waals surface area contributed by atoms with Crippen LogP contribution in [0.3, 0.4) is 0 Å². The summed E-state index contributed by atoms with van der Waals surface area (Å²) in [6, 6.07) is 15.3. The Hall–Kier alpha value is -3.74. The molecule has 3 rings (SSSR count). The number of aromatic hydroxyl groups is 1. The molecule has 0 radical (unpaired) electrons. The molecule has 7 nitrogen and oxygen atoms in total. The van der Waals surface area contributed by atoms with E-state index in [0.717, 1.165) is 5.69 Å². The second kappa shape index (κ2) is 7.22. The van der Waals surface area contributed by atoms with E-state index in [-0.39, 0.29) is 23.2 Å². The van der Waals surface area contributed by atoms with Crippen LogP contribution in [0.5, 0.6) is 5.95 Å². The lowest BCUT2D eigenvalue weighted by atomic mass is 10.2. The standard InChI is InChI=1S/C18H13N3O4/c22-18-16(12-19-14-6-2-1-3-7-14)20-17(25-18)10-9-13-5-4-8-15(11-13)21(23)24/h1-12,22H. The highest BCUT2D eigenvalue weighted by Gasteiger charge is 2.08. The number of para-hydroxylation sites is 1. The van der Waals surface area contributed by atoms with Crippen molar-refractivity contribution in [3.63, 3.8) is 0 Å². The van der Waals surface area contributed by atoms with Crippen molar-refractivity contribution in [3.05, 3.63) is 81.9 Å². The van der Waals surface area contributed by atoms with Gasteiger partial charge in [0.15, 0.2) is 5.69 Å². The summed E-state index contributed by atoms with van der Waals surface area (Å²) in [5, 5.41) is 20.5. The maximum absolute atomic E-state index is 10.8. The first-order valence-electron chi connectivity index (χ1n) is 7.33. The molecule has 25 heavy (non-hydrogen) atoms. The minimum atomic E-state index is -0.466. The molecule has 0 aliphatic rings. The normalized spacial score (nSPS) is 11.4. The van der Waals surface area contributed by atoms with Gasteiger partial charge in [0.05, 0.1) is 16.8 Å². The summed E-state index contributed by atoms with van der Waals surface area (Å²) in [6.07, 6.45) is 4.52. The van der Waals surface area contributed by atoms with E-state index in [4.69, 9.17) is 4.42 Å². The Kier molecular flexibility index (Phi) is 4.66. The van der Waals surface area contributed by atoms with Gasteiger partial charge in [-0.15, -0.1) is 0 Å². The third-order valence-corrected chi connectivity index (χ3v) is 3.24. The topological polar surface area (TPSA) is 102 Å². The van der Waals surface area contributed by atoms with Crippen LogP contribution in [-0.4, -0.2) is 21.2 Å². The van der Waals surface area contributed by atoms with Gasteiger partial charge in [0.2, 0.25) is 5.89 Å². The van der Waals surface area contributed by atoms with Crippen molar-refractivity contribution in [1.82, 2.24) is 4.98 Å². The largest absolute Gasteiger partial charge is 0.479 e. The van der Waals surface area contributed by atoms with Crippen molar-refractivity contribution >= 4 is 29.7 Å². The molecule has 0 aliphatic heterocycles. The van der Waals surface area contributed by atoms with Crippen LogP contribution in [0.4, 0.5) is 11.4 Å². The molecule has 0 aliphatic carbocycles. The average molecular weight is 335 g/mol. The zero-order valence-electron chi connectivity index (χ0n) is 12.9. The molecule has 0 bridgehead atoms. The molecule has 1 aromatic heterocycles. The fraction of sp³-hybridized carbons (Fsp3) is 0. The number of benzene rings is 2. The highest BCUT2D eigenvalue weighted by Crippen LogP contribution is 2.20. The van der Waals surface area contributed by atoms with Crippen LogP contribution in [-0.2, 0) is 0 Å². The van der Waals surface area contributed by atoms with E-state index in [0.29, 0.717) is 5.56 Å². The van der Waals surface area contributed by atoms with Crippen LogP contribution in [0.1, 0.15) is 17.1 Å². The summed E-state index contributed by atoms with van der Waals surface area (Å²) in [6.45, 7) is 0. The third-order valence-electron chi connectivity index (χ3n) is 3.24. The van der Waals surface area contributed by atoms with Crippen LogP contribution in [0.25, 0.3) is 12.2 Å². The van der Waals surface area contributed by atoms with Crippen LogP contribution in [0.2, 0.25) is 0 Å². The Morgan fingerprint density at radius 3 is 2.68 bits per heavy atom. The minimum Gasteiger partial charge on any atom is -0.479 e. The molecule has 0 unspecified atom stereocenters. The van der Waals surface area contributed by atoms with E-state index in [2.05, 4.69) is 9.98 Å². The first-order valence-corrected chi connectivity index (χ1v) is 7.33. The number of hydrogen-bond acceptors (Lipinski definition) is 6. The quantitative estimate of drug-likeness (QED) is 0.427. The molecule has 0 spiro atoms. The van der Waals surface area contributed by atoms with E-state index in [1.165, 1.54) is 24.4 Å². The van der Waals surface area contributed by atoms with Gasteiger partial charge in [-0.05, 0) is 23.8 Å². The number of aliphatic imine (C=N–C) groups is 1. The Labute approximate surface area is 142 Å². The molecular weight excluding hydrogens is 322 g/mol. The van der Waals surface area contributed by atoms with E-state index >= 15 is 0 Å². The molecule has 1 N–H and O–H groups in total. The van der Waals surface area contributed by atoms with Crippen LogP contribution in [0.15, 0.2) is 64.0 Å². The smallest absolute Gasteiger partial charge is 0.312 e. The van der Waals surface area contributed by atoms with E-state index in [9.17, 15) is 15.2 Å². The Bertz CT molecular complexity index is 946. The zero-order chi connectivity index (χ0) is 17.6.